The molecule has 0 saturated heterocycles. The van der Waals surface area contributed by atoms with Gasteiger partial charge in [0.05, 0.1) is 5.25 Å². The first kappa shape index (κ1) is 16.1. The SMILES string of the molecule is CCC(N)C(Sc1nc(C)cc(=O)[nH]1)c1ccccc1Cl. The minimum absolute atomic E-state index is 0.0614. The summed E-state index contributed by atoms with van der Waals surface area (Å²) in [6.45, 7) is 3.82. The van der Waals surface area contributed by atoms with E-state index in [0.717, 1.165) is 12.0 Å². The Labute approximate surface area is 133 Å². The normalized spacial score (nSPS) is 13.9. The molecule has 2 unspecified atom stereocenters. The van der Waals surface area contributed by atoms with Crippen LogP contribution in [0.15, 0.2) is 40.3 Å². The highest BCUT2D eigenvalue weighted by molar-refractivity contribution is 7.99. The molecule has 1 aromatic carbocycles. The Morgan fingerprint density at radius 3 is 2.76 bits per heavy atom. The van der Waals surface area contributed by atoms with Crippen LogP contribution in [0.2, 0.25) is 5.02 Å². The first-order valence-corrected chi connectivity index (χ1v) is 8.01. The third-order valence-electron chi connectivity index (χ3n) is 3.16. The molecule has 21 heavy (non-hydrogen) atoms. The fourth-order valence-corrected chi connectivity index (χ4v) is 3.64. The van der Waals surface area contributed by atoms with Crippen molar-refractivity contribution >= 4 is 23.4 Å². The van der Waals surface area contributed by atoms with E-state index in [1.165, 1.54) is 17.8 Å². The molecule has 0 aliphatic carbocycles. The topological polar surface area (TPSA) is 71.8 Å². The highest BCUT2D eigenvalue weighted by atomic mass is 35.5. The van der Waals surface area contributed by atoms with Crippen LogP contribution < -0.4 is 11.3 Å². The van der Waals surface area contributed by atoms with Gasteiger partial charge in [0, 0.05) is 22.8 Å². The lowest BCUT2D eigenvalue weighted by Crippen LogP contribution is -2.26. The molecule has 2 atom stereocenters. The summed E-state index contributed by atoms with van der Waals surface area (Å²) in [6.07, 6.45) is 0.805. The number of halogens is 1. The average Bonchev–Trinajstić information content (AvgIpc) is 2.44. The number of H-pyrrole nitrogens is 1. The summed E-state index contributed by atoms with van der Waals surface area (Å²) < 4.78 is 0. The number of thioether (sulfide) groups is 1. The predicted octanol–water partition coefficient (Wildman–Crippen LogP) is 3.30. The van der Waals surface area contributed by atoms with Crippen molar-refractivity contribution in [1.29, 1.82) is 0 Å². The fraction of sp³-hybridized carbons (Fsp3) is 0.333. The zero-order valence-electron chi connectivity index (χ0n) is 12.0. The number of nitrogens with two attached hydrogens (primary N) is 1. The Morgan fingerprint density at radius 2 is 2.14 bits per heavy atom. The maximum Gasteiger partial charge on any atom is 0.251 e. The van der Waals surface area contributed by atoms with E-state index in [1.807, 2.05) is 31.2 Å². The first-order valence-electron chi connectivity index (χ1n) is 6.76. The average molecular weight is 324 g/mol. The van der Waals surface area contributed by atoms with Crippen LogP contribution in [-0.4, -0.2) is 16.0 Å². The molecule has 0 spiro atoms. The van der Waals surface area contributed by atoms with Crippen molar-refractivity contribution in [2.75, 3.05) is 0 Å². The third-order valence-corrected chi connectivity index (χ3v) is 4.78. The lowest BCUT2D eigenvalue weighted by molar-refractivity contribution is 0.632. The summed E-state index contributed by atoms with van der Waals surface area (Å²) >= 11 is 7.73. The molecule has 4 nitrogen and oxygen atoms in total. The minimum Gasteiger partial charge on any atom is -0.326 e. The number of hydrogen-bond donors (Lipinski definition) is 2. The molecule has 0 saturated carbocycles. The highest BCUT2D eigenvalue weighted by Crippen LogP contribution is 2.39. The second-order valence-electron chi connectivity index (χ2n) is 4.82. The Morgan fingerprint density at radius 1 is 1.43 bits per heavy atom. The molecule has 2 rings (SSSR count). The summed E-state index contributed by atoms with van der Waals surface area (Å²) in [5, 5.41) is 1.18. The van der Waals surface area contributed by atoms with Crippen LogP contribution in [0.1, 0.15) is 29.9 Å². The summed E-state index contributed by atoms with van der Waals surface area (Å²) in [7, 11) is 0. The standard InChI is InChI=1S/C15H18ClN3OS/c1-3-12(17)14(10-6-4-5-7-11(10)16)21-15-18-9(2)8-13(20)19-15/h4-8,12,14H,3,17H2,1-2H3,(H,18,19,20). The summed E-state index contributed by atoms with van der Waals surface area (Å²) in [6, 6.07) is 9.01. The summed E-state index contributed by atoms with van der Waals surface area (Å²) in [5.74, 6) is 0. The van der Waals surface area contributed by atoms with E-state index < -0.39 is 0 Å². The van der Waals surface area contributed by atoms with Gasteiger partial charge in [-0.3, -0.25) is 4.79 Å². The molecule has 0 amide bonds. The number of nitrogens with one attached hydrogen (secondary N) is 1. The van der Waals surface area contributed by atoms with Gasteiger partial charge in [0.2, 0.25) is 0 Å². The molecular formula is C15H18ClN3OS. The predicted molar refractivity (Wildman–Crippen MR) is 87.9 cm³/mol. The summed E-state index contributed by atoms with van der Waals surface area (Å²) in [5.41, 5.74) is 7.73. The van der Waals surface area contributed by atoms with E-state index in [-0.39, 0.29) is 16.9 Å². The van der Waals surface area contributed by atoms with Crippen molar-refractivity contribution in [3.05, 3.63) is 57.0 Å². The van der Waals surface area contributed by atoms with Gasteiger partial charge in [-0.1, -0.05) is 48.5 Å². The number of hydrogen-bond acceptors (Lipinski definition) is 4. The van der Waals surface area contributed by atoms with E-state index in [1.54, 1.807) is 6.92 Å². The molecular weight excluding hydrogens is 306 g/mol. The van der Waals surface area contributed by atoms with Crippen molar-refractivity contribution in [1.82, 2.24) is 9.97 Å². The smallest absolute Gasteiger partial charge is 0.251 e. The van der Waals surface area contributed by atoms with Crippen LogP contribution in [0.25, 0.3) is 0 Å². The van der Waals surface area contributed by atoms with Crippen molar-refractivity contribution in [2.24, 2.45) is 5.73 Å². The van der Waals surface area contributed by atoms with Gasteiger partial charge >= 0.3 is 0 Å². The Kier molecular flexibility index (Phi) is 5.45. The maximum absolute atomic E-state index is 11.6. The van der Waals surface area contributed by atoms with Gasteiger partial charge < -0.3 is 10.7 Å². The molecule has 3 N–H and O–H groups in total. The second-order valence-corrected chi connectivity index (χ2v) is 6.36. The lowest BCUT2D eigenvalue weighted by atomic mass is 10.0. The van der Waals surface area contributed by atoms with Crippen LogP contribution in [-0.2, 0) is 0 Å². The third kappa shape index (κ3) is 4.09. The van der Waals surface area contributed by atoms with Gasteiger partial charge in [-0.2, -0.15) is 0 Å². The van der Waals surface area contributed by atoms with Gasteiger partial charge in [-0.25, -0.2) is 4.98 Å². The van der Waals surface area contributed by atoms with Crippen LogP contribution in [0.3, 0.4) is 0 Å². The number of aromatic nitrogens is 2. The molecule has 2 aromatic rings. The largest absolute Gasteiger partial charge is 0.326 e. The fourth-order valence-electron chi connectivity index (χ4n) is 2.03. The highest BCUT2D eigenvalue weighted by Gasteiger charge is 2.23. The van der Waals surface area contributed by atoms with Crippen LogP contribution in [0.5, 0.6) is 0 Å². The molecule has 0 bridgehead atoms. The molecule has 0 aliphatic heterocycles. The Hall–Kier alpha value is -1.30. The van der Waals surface area contributed by atoms with Crippen LogP contribution >= 0.6 is 23.4 Å². The number of aromatic amines is 1. The zero-order valence-corrected chi connectivity index (χ0v) is 13.5. The Bertz CT molecular complexity index is 674. The number of rotatable bonds is 5. The first-order chi connectivity index (χ1) is 10.0. The molecule has 6 heteroatoms. The molecule has 1 heterocycles. The number of nitrogens with zero attached hydrogens (tertiary/aromatic N) is 1. The van der Waals surface area contributed by atoms with Crippen LogP contribution in [0.4, 0.5) is 0 Å². The second kappa shape index (κ2) is 7.11. The summed E-state index contributed by atoms with van der Waals surface area (Å²) in [4.78, 5) is 18.7. The van der Waals surface area contributed by atoms with Gasteiger partial charge in [0.1, 0.15) is 0 Å². The molecule has 1 aromatic heterocycles. The molecule has 112 valence electrons. The Balaban J connectivity index is 2.37. The van der Waals surface area contributed by atoms with Crippen LogP contribution in [0, 0.1) is 6.92 Å². The van der Waals surface area contributed by atoms with Gasteiger partial charge in [-0.15, -0.1) is 0 Å². The van der Waals surface area contributed by atoms with Gasteiger partial charge in [0.15, 0.2) is 5.16 Å². The van der Waals surface area contributed by atoms with E-state index >= 15 is 0 Å². The molecule has 0 aliphatic rings. The number of benzene rings is 1. The molecule has 0 radical (unpaired) electrons. The van der Waals surface area contributed by atoms with E-state index in [9.17, 15) is 4.79 Å². The van der Waals surface area contributed by atoms with E-state index in [2.05, 4.69) is 9.97 Å². The lowest BCUT2D eigenvalue weighted by Gasteiger charge is -2.23. The van der Waals surface area contributed by atoms with Crippen molar-refractivity contribution < 1.29 is 0 Å². The van der Waals surface area contributed by atoms with E-state index in [4.69, 9.17) is 17.3 Å². The van der Waals surface area contributed by atoms with Crippen molar-refractivity contribution in [2.45, 2.75) is 36.7 Å². The maximum atomic E-state index is 11.6. The van der Waals surface area contributed by atoms with E-state index in [0.29, 0.717) is 15.9 Å². The van der Waals surface area contributed by atoms with Gasteiger partial charge in [0.25, 0.3) is 5.56 Å². The minimum atomic E-state index is -0.159. The van der Waals surface area contributed by atoms with Gasteiger partial charge in [-0.05, 0) is 25.0 Å². The van der Waals surface area contributed by atoms with Crippen molar-refractivity contribution in [3.63, 3.8) is 0 Å². The zero-order chi connectivity index (χ0) is 15.4. The quantitative estimate of drug-likeness (QED) is 0.654. The molecule has 0 fully saturated rings. The van der Waals surface area contributed by atoms with Crippen molar-refractivity contribution in [3.8, 4) is 0 Å². The number of aryl methyl sites for hydroxylation is 1. The monoisotopic (exact) mass is 323 g/mol.